The van der Waals surface area contributed by atoms with Gasteiger partial charge < -0.3 is 10.6 Å². The maximum absolute atomic E-state index is 5.65. The third kappa shape index (κ3) is 3.77. The van der Waals surface area contributed by atoms with Gasteiger partial charge in [-0.05, 0) is 50.3 Å². The molecule has 0 aliphatic heterocycles. The normalized spacial score (nSPS) is 20.1. The molecule has 2 unspecified atom stereocenters. The Labute approximate surface area is 122 Å². The molecule has 2 atom stereocenters. The number of benzene rings is 1. The van der Waals surface area contributed by atoms with E-state index in [0.717, 1.165) is 13.0 Å². The summed E-state index contributed by atoms with van der Waals surface area (Å²) in [6, 6.07) is 9.31. The quantitative estimate of drug-likeness (QED) is 0.838. The zero-order chi connectivity index (χ0) is 13.8. The summed E-state index contributed by atoms with van der Waals surface area (Å²) in [5.74, 6) is 0.656. The van der Waals surface area contributed by atoms with Gasteiger partial charge in [-0.25, -0.2) is 0 Å². The van der Waals surface area contributed by atoms with Crippen molar-refractivity contribution in [1.29, 1.82) is 0 Å². The van der Waals surface area contributed by atoms with Gasteiger partial charge in [-0.15, -0.1) is 0 Å². The standard InChI is InChI=1S/C16H24N2S/c1-12(10-16(17)19)18(2)11-14-8-5-7-13-6-3-4-9-15(13)14/h3-4,6,9,12,14H,5,7-8,10-11H2,1-2H3,(H2,17,19). The van der Waals surface area contributed by atoms with Gasteiger partial charge in [0.15, 0.2) is 0 Å². The minimum Gasteiger partial charge on any atom is -0.393 e. The van der Waals surface area contributed by atoms with Crippen molar-refractivity contribution >= 4 is 17.2 Å². The Balaban J connectivity index is 2.02. The molecule has 0 radical (unpaired) electrons. The van der Waals surface area contributed by atoms with Crippen molar-refractivity contribution in [2.75, 3.05) is 13.6 Å². The number of likely N-dealkylation sites (N-methyl/N-ethyl adjacent to an activating group) is 1. The van der Waals surface area contributed by atoms with E-state index in [0.29, 0.717) is 16.9 Å². The molecule has 0 fully saturated rings. The number of nitrogens with zero attached hydrogens (tertiary/aromatic N) is 1. The molecule has 2 nitrogen and oxygen atoms in total. The van der Waals surface area contributed by atoms with E-state index in [1.165, 1.54) is 24.8 Å². The molecule has 2 rings (SSSR count). The third-order valence-corrected chi connectivity index (χ3v) is 4.42. The van der Waals surface area contributed by atoms with Crippen LogP contribution >= 0.6 is 12.2 Å². The first-order valence-electron chi connectivity index (χ1n) is 7.14. The molecule has 0 aromatic heterocycles. The predicted octanol–water partition coefficient (Wildman–Crippen LogP) is 3.10. The van der Waals surface area contributed by atoms with E-state index in [4.69, 9.17) is 18.0 Å². The largest absolute Gasteiger partial charge is 0.393 e. The van der Waals surface area contributed by atoms with E-state index >= 15 is 0 Å². The number of fused-ring (bicyclic) bond motifs is 1. The summed E-state index contributed by atoms with van der Waals surface area (Å²) < 4.78 is 0. The maximum Gasteiger partial charge on any atom is 0.0742 e. The Hall–Kier alpha value is -0.930. The molecule has 0 bridgehead atoms. The number of nitrogens with two attached hydrogens (primary N) is 1. The lowest BCUT2D eigenvalue weighted by atomic mass is 9.82. The fraction of sp³-hybridized carbons (Fsp3) is 0.562. The molecular weight excluding hydrogens is 252 g/mol. The second-order valence-electron chi connectivity index (χ2n) is 5.75. The van der Waals surface area contributed by atoms with E-state index in [1.807, 2.05) is 0 Å². The number of thiocarbonyl (C=S) groups is 1. The van der Waals surface area contributed by atoms with Crippen LogP contribution in [0.5, 0.6) is 0 Å². The van der Waals surface area contributed by atoms with E-state index in [1.54, 1.807) is 5.56 Å². The fourth-order valence-corrected chi connectivity index (χ4v) is 3.26. The minimum absolute atomic E-state index is 0.423. The average molecular weight is 276 g/mol. The molecule has 1 aromatic rings. The van der Waals surface area contributed by atoms with Gasteiger partial charge in [-0.1, -0.05) is 36.5 Å². The highest BCUT2D eigenvalue weighted by atomic mass is 32.1. The van der Waals surface area contributed by atoms with Gasteiger partial charge >= 0.3 is 0 Å². The molecular formula is C16H24N2S. The van der Waals surface area contributed by atoms with Crippen molar-refractivity contribution in [3.8, 4) is 0 Å². The summed E-state index contributed by atoms with van der Waals surface area (Å²) in [5.41, 5.74) is 8.73. The predicted molar refractivity (Wildman–Crippen MR) is 85.6 cm³/mol. The molecule has 1 aliphatic rings. The van der Waals surface area contributed by atoms with Crippen LogP contribution in [0.4, 0.5) is 0 Å². The van der Waals surface area contributed by atoms with Crippen molar-refractivity contribution in [3.05, 3.63) is 35.4 Å². The first-order valence-corrected chi connectivity index (χ1v) is 7.55. The number of hydrogen-bond donors (Lipinski definition) is 1. The van der Waals surface area contributed by atoms with Crippen LogP contribution in [-0.2, 0) is 6.42 Å². The average Bonchev–Trinajstić information content (AvgIpc) is 2.38. The second-order valence-corrected chi connectivity index (χ2v) is 6.27. The van der Waals surface area contributed by atoms with Gasteiger partial charge in [-0.3, -0.25) is 0 Å². The summed E-state index contributed by atoms with van der Waals surface area (Å²) in [6.45, 7) is 3.30. The minimum atomic E-state index is 0.423. The van der Waals surface area contributed by atoms with E-state index in [2.05, 4.69) is 43.1 Å². The topological polar surface area (TPSA) is 29.3 Å². The van der Waals surface area contributed by atoms with E-state index in [9.17, 15) is 0 Å². The van der Waals surface area contributed by atoms with Crippen LogP contribution in [0.15, 0.2) is 24.3 Å². The van der Waals surface area contributed by atoms with Crippen molar-refractivity contribution < 1.29 is 0 Å². The van der Waals surface area contributed by atoms with Crippen LogP contribution in [0.25, 0.3) is 0 Å². The number of hydrogen-bond acceptors (Lipinski definition) is 2. The van der Waals surface area contributed by atoms with Crippen molar-refractivity contribution in [2.45, 2.75) is 44.6 Å². The smallest absolute Gasteiger partial charge is 0.0742 e. The summed E-state index contributed by atoms with van der Waals surface area (Å²) in [5, 5.41) is 0. The highest BCUT2D eigenvalue weighted by Gasteiger charge is 2.22. The molecule has 1 aromatic carbocycles. The highest BCUT2D eigenvalue weighted by Crippen LogP contribution is 2.32. The third-order valence-electron chi connectivity index (χ3n) is 4.25. The lowest BCUT2D eigenvalue weighted by Gasteiger charge is -2.32. The summed E-state index contributed by atoms with van der Waals surface area (Å²) in [6.07, 6.45) is 4.64. The van der Waals surface area contributed by atoms with Crippen LogP contribution in [0, 0.1) is 0 Å². The SMILES string of the molecule is CC(CC(N)=S)N(C)CC1CCCc2ccccc21. The monoisotopic (exact) mass is 276 g/mol. The lowest BCUT2D eigenvalue weighted by Crippen LogP contribution is -2.36. The zero-order valence-corrected chi connectivity index (χ0v) is 12.7. The maximum atomic E-state index is 5.65. The summed E-state index contributed by atoms with van der Waals surface area (Å²) in [7, 11) is 2.18. The Morgan fingerprint density at radius 1 is 1.47 bits per heavy atom. The van der Waals surface area contributed by atoms with Crippen molar-refractivity contribution in [3.63, 3.8) is 0 Å². The van der Waals surface area contributed by atoms with Gasteiger partial charge in [-0.2, -0.15) is 0 Å². The molecule has 2 N–H and O–H groups in total. The van der Waals surface area contributed by atoms with E-state index < -0.39 is 0 Å². The Bertz CT molecular complexity index is 444. The van der Waals surface area contributed by atoms with Gasteiger partial charge in [0.25, 0.3) is 0 Å². The van der Waals surface area contributed by atoms with Gasteiger partial charge in [0.2, 0.25) is 0 Å². The molecule has 3 heteroatoms. The molecule has 0 heterocycles. The number of aryl methyl sites for hydroxylation is 1. The molecule has 0 saturated heterocycles. The van der Waals surface area contributed by atoms with Crippen LogP contribution in [0.3, 0.4) is 0 Å². The molecule has 0 amide bonds. The van der Waals surface area contributed by atoms with Crippen LogP contribution in [0.2, 0.25) is 0 Å². The Morgan fingerprint density at radius 3 is 2.95 bits per heavy atom. The van der Waals surface area contributed by atoms with Crippen molar-refractivity contribution in [1.82, 2.24) is 4.90 Å². The fourth-order valence-electron chi connectivity index (χ4n) is 3.02. The van der Waals surface area contributed by atoms with Crippen LogP contribution in [-0.4, -0.2) is 29.5 Å². The van der Waals surface area contributed by atoms with E-state index in [-0.39, 0.29) is 0 Å². The molecule has 104 valence electrons. The second kappa shape index (κ2) is 6.49. The lowest BCUT2D eigenvalue weighted by molar-refractivity contribution is 0.239. The zero-order valence-electron chi connectivity index (χ0n) is 11.9. The first-order chi connectivity index (χ1) is 9.08. The van der Waals surface area contributed by atoms with Gasteiger partial charge in [0.05, 0.1) is 4.99 Å². The summed E-state index contributed by atoms with van der Waals surface area (Å²) in [4.78, 5) is 3.01. The first kappa shape index (κ1) is 14.5. The van der Waals surface area contributed by atoms with Gasteiger partial charge in [0, 0.05) is 19.0 Å². The molecule has 19 heavy (non-hydrogen) atoms. The molecule has 1 aliphatic carbocycles. The van der Waals surface area contributed by atoms with Gasteiger partial charge in [0.1, 0.15) is 0 Å². The summed E-state index contributed by atoms with van der Waals surface area (Å²) >= 11 is 5.01. The molecule has 0 saturated carbocycles. The highest BCUT2D eigenvalue weighted by molar-refractivity contribution is 7.80. The Kier molecular flexibility index (Phi) is 4.94. The Morgan fingerprint density at radius 2 is 2.21 bits per heavy atom. The van der Waals surface area contributed by atoms with Crippen LogP contribution in [0.1, 0.15) is 43.2 Å². The molecule has 0 spiro atoms. The van der Waals surface area contributed by atoms with Crippen molar-refractivity contribution in [2.24, 2.45) is 5.73 Å². The van der Waals surface area contributed by atoms with Crippen LogP contribution < -0.4 is 5.73 Å². The number of rotatable bonds is 5.